The number of carboxylic acids is 1. The van der Waals surface area contributed by atoms with E-state index in [1.807, 2.05) is 23.7 Å². The Bertz CT molecular complexity index is 654. The number of aryl methyl sites for hydroxylation is 1. The molecular formula is C15H16N2O2. The van der Waals surface area contributed by atoms with E-state index >= 15 is 0 Å². The molecule has 1 aromatic heterocycles. The van der Waals surface area contributed by atoms with Gasteiger partial charge in [0, 0.05) is 17.3 Å². The molecule has 0 saturated carbocycles. The van der Waals surface area contributed by atoms with Crippen molar-refractivity contribution in [2.45, 2.75) is 20.8 Å². The zero-order chi connectivity index (χ0) is 14.0. The molecule has 1 N–H and O–H groups in total. The van der Waals surface area contributed by atoms with E-state index in [1.54, 1.807) is 12.3 Å². The van der Waals surface area contributed by atoms with Gasteiger partial charge in [0.1, 0.15) is 0 Å². The first-order valence-corrected chi connectivity index (χ1v) is 6.03. The SMILES string of the molecule is Cc1cccc(-n2ncc(/C=C/C(=O)O)c2C)c1C. The molecule has 0 unspecified atom stereocenters. The van der Waals surface area contributed by atoms with Gasteiger partial charge in [0.05, 0.1) is 11.9 Å². The third kappa shape index (κ3) is 2.57. The van der Waals surface area contributed by atoms with E-state index in [1.165, 1.54) is 11.1 Å². The van der Waals surface area contributed by atoms with Crippen molar-refractivity contribution in [3.63, 3.8) is 0 Å². The van der Waals surface area contributed by atoms with Gasteiger partial charge < -0.3 is 5.11 Å². The summed E-state index contributed by atoms with van der Waals surface area (Å²) in [5.74, 6) is -0.959. The second kappa shape index (κ2) is 5.10. The van der Waals surface area contributed by atoms with Crippen molar-refractivity contribution in [3.05, 3.63) is 52.9 Å². The molecule has 1 heterocycles. The van der Waals surface area contributed by atoms with Crippen LogP contribution in [0.3, 0.4) is 0 Å². The van der Waals surface area contributed by atoms with Crippen LogP contribution in [0.1, 0.15) is 22.4 Å². The van der Waals surface area contributed by atoms with E-state index in [4.69, 9.17) is 5.11 Å². The highest BCUT2D eigenvalue weighted by atomic mass is 16.4. The monoisotopic (exact) mass is 256 g/mol. The minimum atomic E-state index is -0.959. The van der Waals surface area contributed by atoms with Crippen molar-refractivity contribution < 1.29 is 9.90 Å². The van der Waals surface area contributed by atoms with Gasteiger partial charge in [-0.25, -0.2) is 9.48 Å². The lowest BCUT2D eigenvalue weighted by atomic mass is 10.1. The van der Waals surface area contributed by atoms with Crippen LogP contribution in [0.4, 0.5) is 0 Å². The lowest BCUT2D eigenvalue weighted by molar-refractivity contribution is -0.131. The molecule has 0 saturated heterocycles. The summed E-state index contributed by atoms with van der Waals surface area (Å²) < 4.78 is 1.84. The molecule has 0 bridgehead atoms. The van der Waals surface area contributed by atoms with Crippen molar-refractivity contribution in [2.75, 3.05) is 0 Å². The predicted molar refractivity (Wildman–Crippen MR) is 74.4 cm³/mol. The molecule has 1 aromatic carbocycles. The largest absolute Gasteiger partial charge is 0.478 e. The van der Waals surface area contributed by atoms with Crippen molar-refractivity contribution in [2.24, 2.45) is 0 Å². The van der Waals surface area contributed by atoms with Crippen molar-refractivity contribution >= 4 is 12.0 Å². The van der Waals surface area contributed by atoms with E-state index in [0.717, 1.165) is 23.0 Å². The van der Waals surface area contributed by atoms with Crippen molar-refractivity contribution in [3.8, 4) is 5.69 Å². The summed E-state index contributed by atoms with van der Waals surface area (Å²) in [6, 6.07) is 6.06. The summed E-state index contributed by atoms with van der Waals surface area (Å²) in [5.41, 5.74) is 5.12. The fraction of sp³-hybridized carbons (Fsp3) is 0.200. The van der Waals surface area contributed by atoms with Gasteiger partial charge in [-0.05, 0) is 44.0 Å². The van der Waals surface area contributed by atoms with E-state index in [2.05, 4.69) is 25.0 Å². The number of carbonyl (C=O) groups is 1. The van der Waals surface area contributed by atoms with Gasteiger partial charge in [0.15, 0.2) is 0 Å². The number of benzene rings is 1. The molecule has 4 heteroatoms. The fourth-order valence-corrected chi connectivity index (χ4v) is 1.95. The minimum Gasteiger partial charge on any atom is -0.478 e. The Morgan fingerprint density at radius 1 is 1.32 bits per heavy atom. The van der Waals surface area contributed by atoms with Crippen LogP contribution in [-0.4, -0.2) is 20.9 Å². The van der Waals surface area contributed by atoms with Crippen molar-refractivity contribution in [1.29, 1.82) is 0 Å². The van der Waals surface area contributed by atoms with E-state index in [9.17, 15) is 4.79 Å². The molecule has 98 valence electrons. The first kappa shape index (κ1) is 13.1. The van der Waals surface area contributed by atoms with Crippen LogP contribution in [0.25, 0.3) is 11.8 Å². The quantitative estimate of drug-likeness (QED) is 0.859. The second-order valence-electron chi connectivity index (χ2n) is 4.49. The second-order valence-corrected chi connectivity index (χ2v) is 4.49. The van der Waals surface area contributed by atoms with Crippen LogP contribution in [0, 0.1) is 20.8 Å². The predicted octanol–water partition coefficient (Wildman–Crippen LogP) is 2.90. The standard InChI is InChI=1S/C15H16N2O2/c1-10-5-4-6-14(11(10)2)17-12(3)13(9-16-17)7-8-15(18)19/h4-9H,1-3H3,(H,18,19)/b8-7+. The smallest absolute Gasteiger partial charge is 0.328 e. The Hall–Kier alpha value is -2.36. The van der Waals surface area contributed by atoms with Crippen molar-refractivity contribution in [1.82, 2.24) is 9.78 Å². The van der Waals surface area contributed by atoms with Gasteiger partial charge in [-0.2, -0.15) is 5.10 Å². The van der Waals surface area contributed by atoms with E-state index in [-0.39, 0.29) is 0 Å². The number of rotatable bonds is 3. The highest BCUT2D eigenvalue weighted by Crippen LogP contribution is 2.20. The summed E-state index contributed by atoms with van der Waals surface area (Å²) in [6.07, 6.45) is 4.36. The molecular weight excluding hydrogens is 240 g/mol. The molecule has 2 aromatic rings. The van der Waals surface area contributed by atoms with Crippen LogP contribution in [0.15, 0.2) is 30.5 Å². The summed E-state index contributed by atoms with van der Waals surface area (Å²) in [6.45, 7) is 6.04. The first-order valence-electron chi connectivity index (χ1n) is 6.03. The number of hydrogen-bond acceptors (Lipinski definition) is 2. The van der Waals surface area contributed by atoms with Gasteiger partial charge in [-0.1, -0.05) is 12.1 Å². The average Bonchev–Trinajstić information content (AvgIpc) is 2.72. The van der Waals surface area contributed by atoms with Crippen LogP contribution in [0.5, 0.6) is 0 Å². The number of hydrogen-bond donors (Lipinski definition) is 1. The highest BCUT2D eigenvalue weighted by molar-refractivity contribution is 5.85. The van der Waals surface area contributed by atoms with Crippen LogP contribution in [0.2, 0.25) is 0 Å². The van der Waals surface area contributed by atoms with E-state index in [0.29, 0.717) is 0 Å². The number of aliphatic carboxylic acids is 1. The summed E-state index contributed by atoms with van der Waals surface area (Å²) in [4.78, 5) is 10.5. The summed E-state index contributed by atoms with van der Waals surface area (Å²) >= 11 is 0. The third-order valence-electron chi connectivity index (χ3n) is 3.26. The molecule has 0 fully saturated rings. The highest BCUT2D eigenvalue weighted by Gasteiger charge is 2.09. The van der Waals surface area contributed by atoms with Gasteiger partial charge in [0.25, 0.3) is 0 Å². The van der Waals surface area contributed by atoms with Gasteiger partial charge in [0.2, 0.25) is 0 Å². The average molecular weight is 256 g/mol. The maximum atomic E-state index is 10.5. The number of nitrogens with zero attached hydrogens (tertiary/aromatic N) is 2. The van der Waals surface area contributed by atoms with Crippen LogP contribution < -0.4 is 0 Å². The Morgan fingerprint density at radius 2 is 2.05 bits per heavy atom. The maximum absolute atomic E-state index is 10.5. The lowest BCUT2D eigenvalue weighted by Crippen LogP contribution is -2.02. The molecule has 0 aliphatic rings. The maximum Gasteiger partial charge on any atom is 0.328 e. The molecule has 2 rings (SSSR count). The minimum absolute atomic E-state index is 0.809. The Labute approximate surface area is 112 Å². The number of aromatic nitrogens is 2. The molecule has 0 aliphatic heterocycles. The molecule has 0 radical (unpaired) electrons. The zero-order valence-electron chi connectivity index (χ0n) is 11.2. The summed E-state index contributed by atoms with van der Waals surface area (Å²) in [7, 11) is 0. The van der Waals surface area contributed by atoms with Gasteiger partial charge >= 0.3 is 5.97 Å². The Morgan fingerprint density at radius 3 is 2.74 bits per heavy atom. The Balaban J connectivity index is 2.47. The molecule has 19 heavy (non-hydrogen) atoms. The molecule has 0 amide bonds. The molecule has 0 spiro atoms. The third-order valence-corrected chi connectivity index (χ3v) is 3.26. The number of carboxylic acid groups (broad SMARTS) is 1. The fourth-order valence-electron chi connectivity index (χ4n) is 1.95. The van der Waals surface area contributed by atoms with Gasteiger partial charge in [-0.15, -0.1) is 0 Å². The van der Waals surface area contributed by atoms with E-state index < -0.39 is 5.97 Å². The summed E-state index contributed by atoms with van der Waals surface area (Å²) in [5, 5.41) is 13.0. The molecule has 0 aliphatic carbocycles. The van der Waals surface area contributed by atoms with Gasteiger partial charge in [-0.3, -0.25) is 0 Å². The zero-order valence-corrected chi connectivity index (χ0v) is 11.2. The van der Waals surface area contributed by atoms with Crippen LogP contribution >= 0.6 is 0 Å². The normalized spacial score (nSPS) is 11.1. The topological polar surface area (TPSA) is 55.1 Å². The Kier molecular flexibility index (Phi) is 3.51. The molecule has 4 nitrogen and oxygen atoms in total. The lowest BCUT2D eigenvalue weighted by Gasteiger charge is -2.10. The first-order chi connectivity index (χ1) is 9.00. The van der Waals surface area contributed by atoms with Crippen LogP contribution in [-0.2, 0) is 4.79 Å². The molecule has 0 atom stereocenters.